The number of benzene rings is 1. The number of morpholine rings is 1. The third kappa shape index (κ3) is 2.54. The largest absolute Gasteiger partial charge is 0.379 e. The van der Waals surface area contributed by atoms with E-state index in [4.69, 9.17) is 22.1 Å². The molecular weight excluding hydrogens is 278 g/mol. The fraction of sp³-hybridized carbons (Fsp3) is 0.500. The maximum Gasteiger partial charge on any atom is 0.248 e. The number of carbonyl (C=O) groups excluding carboxylic acids is 1. The van der Waals surface area contributed by atoms with Gasteiger partial charge in [-0.1, -0.05) is 11.6 Å². The summed E-state index contributed by atoms with van der Waals surface area (Å²) in [6, 6.07) is 4.87. The van der Waals surface area contributed by atoms with Crippen molar-refractivity contribution in [2.24, 2.45) is 5.73 Å². The zero-order chi connectivity index (χ0) is 14.1. The van der Waals surface area contributed by atoms with Crippen LogP contribution in [0.15, 0.2) is 18.2 Å². The van der Waals surface area contributed by atoms with Gasteiger partial charge in [-0.25, -0.2) is 0 Å². The van der Waals surface area contributed by atoms with Gasteiger partial charge in [-0.3, -0.25) is 9.69 Å². The predicted octanol–water partition coefficient (Wildman–Crippen LogP) is 1.02. The zero-order valence-electron chi connectivity index (χ0n) is 11.2. The minimum atomic E-state index is -0.589. The average Bonchev–Trinajstić information content (AvgIpc) is 2.70. The molecule has 1 aromatic rings. The molecule has 2 heterocycles. The van der Waals surface area contributed by atoms with Gasteiger partial charge in [0.25, 0.3) is 0 Å². The second-order valence-electron chi connectivity index (χ2n) is 5.12. The van der Waals surface area contributed by atoms with E-state index < -0.39 is 6.04 Å². The molecule has 3 rings (SSSR count). The molecule has 5 nitrogen and oxygen atoms in total. The van der Waals surface area contributed by atoms with E-state index in [1.807, 2.05) is 6.07 Å². The van der Waals surface area contributed by atoms with Crippen molar-refractivity contribution in [2.45, 2.75) is 6.04 Å². The van der Waals surface area contributed by atoms with Gasteiger partial charge in [0.15, 0.2) is 0 Å². The highest BCUT2D eigenvalue weighted by Gasteiger charge is 2.34. The van der Waals surface area contributed by atoms with Gasteiger partial charge in [-0.05, 0) is 18.2 Å². The summed E-state index contributed by atoms with van der Waals surface area (Å²) in [7, 11) is 0. The Labute approximate surface area is 123 Å². The molecule has 0 bridgehead atoms. The zero-order valence-corrected chi connectivity index (χ0v) is 12.0. The summed E-state index contributed by atoms with van der Waals surface area (Å²) in [5.41, 5.74) is 7.69. The van der Waals surface area contributed by atoms with Gasteiger partial charge in [0.1, 0.15) is 6.04 Å². The normalized spacial score (nSPS) is 23.2. The van der Waals surface area contributed by atoms with Gasteiger partial charge in [-0.2, -0.15) is 0 Å². The van der Waals surface area contributed by atoms with Crippen LogP contribution in [0.5, 0.6) is 0 Å². The summed E-state index contributed by atoms with van der Waals surface area (Å²) in [6.07, 6.45) is 0. The smallest absolute Gasteiger partial charge is 0.248 e. The molecule has 108 valence electrons. The molecule has 1 unspecified atom stereocenters. The topological polar surface area (TPSA) is 58.8 Å². The number of anilines is 1. The minimum Gasteiger partial charge on any atom is -0.379 e. The molecule has 1 atom stereocenters. The van der Waals surface area contributed by atoms with E-state index in [1.165, 1.54) is 0 Å². The molecular formula is C14H18ClN3O2. The second kappa shape index (κ2) is 5.69. The number of amides is 1. The molecule has 1 amide bonds. The Balaban J connectivity index is 1.72. The summed E-state index contributed by atoms with van der Waals surface area (Å²) >= 11 is 5.98. The third-order valence-electron chi connectivity index (χ3n) is 3.89. The molecule has 6 heteroatoms. The fourth-order valence-electron chi connectivity index (χ4n) is 2.74. The number of nitrogens with zero attached hydrogens (tertiary/aromatic N) is 2. The minimum absolute atomic E-state index is 0.0458. The molecule has 0 radical (unpaired) electrons. The summed E-state index contributed by atoms with van der Waals surface area (Å²) < 4.78 is 5.32. The van der Waals surface area contributed by atoms with Crippen LogP contribution in [-0.4, -0.2) is 50.2 Å². The quantitative estimate of drug-likeness (QED) is 0.904. The molecule has 2 aliphatic heterocycles. The van der Waals surface area contributed by atoms with Crippen molar-refractivity contribution < 1.29 is 9.53 Å². The summed E-state index contributed by atoms with van der Waals surface area (Å²) in [5.74, 6) is -0.0458. The van der Waals surface area contributed by atoms with Crippen LogP contribution in [0.1, 0.15) is 11.6 Å². The van der Waals surface area contributed by atoms with Crippen LogP contribution in [0.3, 0.4) is 0 Å². The monoisotopic (exact) mass is 295 g/mol. The van der Waals surface area contributed by atoms with Crippen LogP contribution < -0.4 is 10.6 Å². The van der Waals surface area contributed by atoms with Crippen molar-refractivity contribution in [3.63, 3.8) is 0 Å². The highest BCUT2D eigenvalue weighted by Crippen LogP contribution is 2.35. The Hall–Kier alpha value is -1.14. The van der Waals surface area contributed by atoms with Gasteiger partial charge in [0.05, 0.1) is 13.2 Å². The lowest BCUT2D eigenvalue weighted by Crippen LogP contribution is -2.43. The van der Waals surface area contributed by atoms with Crippen molar-refractivity contribution in [1.29, 1.82) is 0 Å². The number of hydrogen-bond donors (Lipinski definition) is 1. The van der Waals surface area contributed by atoms with E-state index >= 15 is 0 Å². The molecule has 0 aromatic heterocycles. The highest BCUT2D eigenvalue weighted by molar-refractivity contribution is 6.31. The number of nitrogens with two attached hydrogens (primary N) is 1. The van der Waals surface area contributed by atoms with E-state index in [2.05, 4.69) is 4.90 Å². The van der Waals surface area contributed by atoms with Gasteiger partial charge in [0.2, 0.25) is 5.91 Å². The fourth-order valence-corrected chi connectivity index (χ4v) is 2.92. The number of halogens is 1. The Morgan fingerprint density at radius 2 is 2.05 bits per heavy atom. The SMILES string of the molecule is NC1C(=O)N(CCN2CCOCC2)c2ccc(Cl)cc21. The van der Waals surface area contributed by atoms with Gasteiger partial charge >= 0.3 is 0 Å². The third-order valence-corrected chi connectivity index (χ3v) is 4.13. The molecule has 0 saturated carbocycles. The lowest BCUT2D eigenvalue weighted by molar-refractivity contribution is -0.119. The van der Waals surface area contributed by atoms with Crippen LogP contribution in [0.4, 0.5) is 5.69 Å². The predicted molar refractivity (Wildman–Crippen MR) is 78.0 cm³/mol. The van der Waals surface area contributed by atoms with Gasteiger partial charge in [0, 0.05) is 42.5 Å². The van der Waals surface area contributed by atoms with Crippen LogP contribution in [-0.2, 0) is 9.53 Å². The van der Waals surface area contributed by atoms with Crippen LogP contribution in [0.25, 0.3) is 0 Å². The number of fused-ring (bicyclic) bond motifs is 1. The van der Waals surface area contributed by atoms with Crippen molar-refractivity contribution in [2.75, 3.05) is 44.3 Å². The number of rotatable bonds is 3. The average molecular weight is 296 g/mol. The molecule has 1 saturated heterocycles. The van der Waals surface area contributed by atoms with Crippen LogP contribution in [0, 0.1) is 0 Å². The van der Waals surface area contributed by atoms with Crippen molar-refractivity contribution in [1.82, 2.24) is 4.90 Å². The van der Waals surface area contributed by atoms with E-state index in [-0.39, 0.29) is 5.91 Å². The second-order valence-corrected chi connectivity index (χ2v) is 5.56. The number of carbonyl (C=O) groups is 1. The number of hydrogen-bond acceptors (Lipinski definition) is 4. The van der Waals surface area contributed by atoms with Crippen molar-refractivity contribution in [3.8, 4) is 0 Å². The van der Waals surface area contributed by atoms with E-state index in [1.54, 1.807) is 17.0 Å². The molecule has 1 aromatic carbocycles. The van der Waals surface area contributed by atoms with Crippen LogP contribution in [0.2, 0.25) is 5.02 Å². The summed E-state index contributed by atoms with van der Waals surface area (Å²) in [6.45, 7) is 4.85. The Bertz CT molecular complexity index is 517. The Kier molecular flexibility index (Phi) is 3.94. The maximum absolute atomic E-state index is 12.3. The maximum atomic E-state index is 12.3. The first-order valence-electron chi connectivity index (χ1n) is 6.83. The molecule has 2 aliphatic rings. The molecule has 0 spiro atoms. The lowest BCUT2D eigenvalue weighted by atomic mass is 10.1. The summed E-state index contributed by atoms with van der Waals surface area (Å²) in [4.78, 5) is 16.3. The summed E-state index contributed by atoms with van der Waals surface area (Å²) in [5, 5.41) is 0.613. The Morgan fingerprint density at radius 3 is 2.80 bits per heavy atom. The lowest BCUT2D eigenvalue weighted by Gasteiger charge is -2.28. The first-order chi connectivity index (χ1) is 9.66. The molecule has 20 heavy (non-hydrogen) atoms. The van der Waals surface area contributed by atoms with Gasteiger partial charge in [-0.15, -0.1) is 0 Å². The van der Waals surface area contributed by atoms with Crippen molar-refractivity contribution in [3.05, 3.63) is 28.8 Å². The standard InChI is InChI=1S/C14H18ClN3O2/c15-10-1-2-12-11(9-10)13(16)14(19)18(12)4-3-17-5-7-20-8-6-17/h1-2,9,13H,3-8,16H2. The first kappa shape index (κ1) is 13.8. The highest BCUT2D eigenvalue weighted by atomic mass is 35.5. The van der Waals surface area contributed by atoms with E-state index in [0.29, 0.717) is 11.6 Å². The van der Waals surface area contributed by atoms with E-state index in [0.717, 1.165) is 44.1 Å². The molecule has 2 N–H and O–H groups in total. The first-order valence-corrected chi connectivity index (χ1v) is 7.21. The van der Waals surface area contributed by atoms with E-state index in [9.17, 15) is 4.79 Å². The Morgan fingerprint density at radius 1 is 1.30 bits per heavy atom. The molecule has 0 aliphatic carbocycles. The van der Waals surface area contributed by atoms with Crippen LogP contribution >= 0.6 is 11.6 Å². The van der Waals surface area contributed by atoms with Crippen molar-refractivity contribution >= 4 is 23.2 Å². The molecule has 1 fully saturated rings. The number of ether oxygens (including phenoxy) is 1. The van der Waals surface area contributed by atoms with Gasteiger partial charge < -0.3 is 15.4 Å².